The highest BCUT2D eigenvalue weighted by atomic mass is 32.2. The number of carbonyl (C=O) groups is 1. The number of morpholine rings is 1. The third-order valence-electron chi connectivity index (χ3n) is 7.01. The molecule has 0 radical (unpaired) electrons. The summed E-state index contributed by atoms with van der Waals surface area (Å²) in [7, 11) is -6.34. The van der Waals surface area contributed by atoms with Crippen LogP contribution in [0.4, 0.5) is 22.0 Å². The lowest BCUT2D eigenvalue weighted by Crippen LogP contribution is -2.66. The van der Waals surface area contributed by atoms with Gasteiger partial charge < -0.3 is 13.8 Å². The Morgan fingerprint density at radius 1 is 1.02 bits per heavy atom. The summed E-state index contributed by atoms with van der Waals surface area (Å²) in [6.45, 7) is -0.126. The molecule has 41 heavy (non-hydrogen) atoms. The number of halogens is 5. The van der Waals surface area contributed by atoms with Gasteiger partial charge in [-0.1, -0.05) is 24.3 Å². The molecule has 3 aromatic rings. The van der Waals surface area contributed by atoms with E-state index in [9.17, 15) is 35.6 Å². The molecule has 0 spiro atoms. The molecule has 1 saturated heterocycles. The lowest BCUT2D eigenvalue weighted by Gasteiger charge is -2.51. The second-order valence-electron chi connectivity index (χ2n) is 9.28. The molecule has 1 fully saturated rings. The molecular formula is C25H18F5N3O6S2. The van der Waals surface area contributed by atoms with E-state index in [4.69, 9.17) is 4.74 Å². The van der Waals surface area contributed by atoms with Gasteiger partial charge in [0.2, 0.25) is 11.2 Å². The predicted octanol–water partition coefficient (Wildman–Crippen LogP) is 3.50. The van der Waals surface area contributed by atoms with Crippen molar-refractivity contribution in [2.45, 2.75) is 28.4 Å². The summed E-state index contributed by atoms with van der Waals surface area (Å²) in [4.78, 5) is 28.3. The van der Waals surface area contributed by atoms with E-state index in [0.29, 0.717) is 10.5 Å². The third kappa shape index (κ3) is 4.35. The van der Waals surface area contributed by atoms with Crippen LogP contribution in [-0.4, -0.2) is 55.3 Å². The molecule has 0 saturated carbocycles. The molecule has 16 heteroatoms. The molecule has 0 aliphatic carbocycles. The van der Waals surface area contributed by atoms with Crippen LogP contribution in [0.25, 0.3) is 0 Å². The van der Waals surface area contributed by atoms with Gasteiger partial charge in [-0.3, -0.25) is 19.3 Å². The number of pyridine rings is 1. The minimum Gasteiger partial charge on any atom is -0.375 e. The number of alkyl halides is 3. The highest BCUT2D eigenvalue weighted by Crippen LogP contribution is 2.45. The number of aromatic nitrogens is 1. The number of amides is 1. The summed E-state index contributed by atoms with van der Waals surface area (Å²) < 4.78 is 104. The van der Waals surface area contributed by atoms with Gasteiger partial charge in [-0.2, -0.15) is 21.6 Å². The monoisotopic (exact) mass is 615 g/mol. The zero-order chi connectivity index (χ0) is 29.3. The van der Waals surface area contributed by atoms with E-state index in [2.05, 4.69) is 4.18 Å². The SMILES string of the molecule is O=C1c2c(OS(=O)(=O)C(F)(F)F)c(=O)ccn2N([C@@H]2c3ccccc3SCc3c2ccc(F)c3F)[C@@H]2COCCN12. The molecule has 1 aromatic heterocycles. The normalized spacial score (nSPS) is 20.5. The number of carbonyl (C=O) groups excluding carboxylic acids is 1. The molecule has 9 nitrogen and oxygen atoms in total. The molecule has 0 unspecified atom stereocenters. The van der Waals surface area contributed by atoms with Gasteiger partial charge in [0.25, 0.3) is 5.91 Å². The van der Waals surface area contributed by atoms with Gasteiger partial charge in [-0.25, -0.2) is 8.78 Å². The van der Waals surface area contributed by atoms with Crippen molar-refractivity contribution in [2.24, 2.45) is 0 Å². The lowest BCUT2D eigenvalue weighted by molar-refractivity contribution is -0.0502. The van der Waals surface area contributed by atoms with E-state index in [-0.39, 0.29) is 36.6 Å². The Kier molecular flexibility index (Phi) is 6.54. The van der Waals surface area contributed by atoms with Gasteiger partial charge in [0.1, 0.15) is 6.17 Å². The fourth-order valence-electron chi connectivity index (χ4n) is 5.21. The first kappa shape index (κ1) is 27.5. The van der Waals surface area contributed by atoms with Gasteiger partial charge in [0.15, 0.2) is 17.3 Å². The topological polar surface area (TPSA) is 98.1 Å². The van der Waals surface area contributed by atoms with Crippen molar-refractivity contribution in [1.82, 2.24) is 9.58 Å². The number of hydrogen-bond acceptors (Lipinski definition) is 8. The summed E-state index contributed by atoms with van der Waals surface area (Å²) >= 11 is 1.24. The first-order chi connectivity index (χ1) is 19.4. The van der Waals surface area contributed by atoms with E-state index in [0.717, 1.165) is 23.0 Å². The Morgan fingerprint density at radius 3 is 2.54 bits per heavy atom. The minimum atomic E-state index is -6.34. The fourth-order valence-corrected chi connectivity index (χ4v) is 6.80. The van der Waals surface area contributed by atoms with Crippen LogP contribution in [0.1, 0.15) is 33.2 Å². The van der Waals surface area contributed by atoms with Crippen LogP contribution in [-0.2, 0) is 20.6 Å². The Bertz CT molecular complexity index is 1750. The van der Waals surface area contributed by atoms with E-state index >= 15 is 4.39 Å². The van der Waals surface area contributed by atoms with Crippen molar-refractivity contribution < 1.29 is 44.1 Å². The smallest absolute Gasteiger partial charge is 0.375 e. The molecule has 4 heterocycles. The van der Waals surface area contributed by atoms with Crippen molar-refractivity contribution in [3.8, 4) is 5.75 Å². The zero-order valence-electron chi connectivity index (χ0n) is 20.6. The molecule has 1 amide bonds. The third-order valence-corrected chi connectivity index (χ3v) is 9.08. The number of rotatable bonds is 3. The molecule has 0 bridgehead atoms. The number of benzene rings is 2. The van der Waals surface area contributed by atoms with Crippen molar-refractivity contribution in [3.63, 3.8) is 0 Å². The van der Waals surface area contributed by atoms with E-state index < -0.39 is 62.2 Å². The molecule has 216 valence electrons. The van der Waals surface area contributed by atoms with E-state index in [1.165, 1.54) is 27.7 Å². The first-order valence-corrected chi connectivity index (χ1v) is 14.4. The quantitative estimate of drug-likeness (QED) is 0.251. The summed E-state index contributed by atoms with van der Waals surface area (Å²) in [5, 5.41) is 1.48. The predicted molar refractivity (Wildman–Crippen MR) is 134 cm³/mol. The average molecular weight is 616 g/mol. The maximum Gasteiger partial charge on any atom is 0.534 e. The van der Waals surface area contributed by atoms with Crippen molar-refractivity contribution >= 4 is 27.8 Å². The van der Waals surface area contributed by atoms with Gasteiger partial charge in [0, 0.05) is 35.0 Å². The summed E-state index contributed by atoms with van der Waals surface area (Å²) in [6, 6.07) is 9.01. The van der Waals surface area contributed by atoms with Crippen LogP contribution >= 0.6 is 11.8 Å². The largest absolute Gasteiger partial charge is 0.534 e. The standard InChI is InChI=1S/C25H18F5N3O6S2/c26-16-6-5-13-15(20(16)27)12-40-18-4-2-1-3-14(18)21(13)33-19-11-38-10-9-31(19)24(35)22-23(17(34)7-8-32(22)33)39-41(36,37)25(28,29)30/h1-8,19,21H,9-12H2/t19-,21+/m1/s1. The van der Waals surface area contributed by atoms with Gasteiger partial charge in [0.05, 0.1) is 19.3 Å². The maximum absolute atomic E-state index is 15.2. The number of hydrogen-bond donors (Lipinski definition) is 0. The Hall–Kier alpha value is -3.63. The number of fused-ring (bicyclic) bond motifs is 4. The molecule has 0 N–H and O–H groups in total. The van der Waals surface area contributed by atoms with Gasteiger partial charge >= 0.3 is 15.6 Å². The second-order valence-corrected chi connectivity index (χ2v) is 11.8. The number of nitrogens with zero attached hydrogens (tertiary/aromatic N) is 3. The summed E-state index contributed by atoms with van der Waals surface area (Å²) in [5.41, 5.74) is -7.05. The second kappa shape index (κ2) is 9.73. The van der Waals surface area contributed by atoms with Crippen molar-refractivity contribution in [2.75, 3.05) is 24.8 Å². The van der Waals surface area contributed by atoms with E-state index in [1.54, 1.807) is 24.3 Å². The Morgan fingerprint density at radius 2 is 1.78 bits per heavy atom. The Labute approximate surface area is 233 Å². The number of thioether (sulfide) groups is 1. The molecule has 3 aliphatic rings. The van der Waals surface area contributed by atoms with E-state index in [1.807, 2.05) is 0 Å². The van der Waals surface area contributed by atoms with Crippen LogP contribution in [0.5, 0.6) is 5.75 Å². The first-order valence-electron chi connectivity index (χ1n) is 12.0. The average Bonchev–Trinajstić information content (AvgIpc) is 3.09. The Balaban J connectivity index is 1.65. The molecule has 3 aliphatic heterocycles. The van der Waals surface area contributed by atoms with Crippen LogP contribution in [0.3, 0.4) is 0 Å². The molecule has 2 aromatic carbocycles. The molecule has 6 rings (SSSR count). The van der Waals surface area contributed by atoms with Crippen LogP contribution in [0.2, 0.25) is 0 Å². The zero-order valence-corrected chi connectivity index (χ0v) is 22.2. The van der Waals surface area contributed by atoms with Gasteiger partial charge in [-0.15, -0.1) is 11.8 Å². The molecular weight excluding hydrogens is 597 g/mol. The fraction of sp³-hybridized carbons (Fsp3) is 0.280. The molecule has 2 atom stereocenters. The maximum atomic E-state index is 15.2. The summed E-state index contributed by atoms with van der Waals surface area (Å²) in [6.07, 6.45) is 0.148. The summed E-state index contributed by atoms with van der Waals surface area (Å²) in [5.74, 6) is -4.44. The highest BCUT2D eigenvalue weighted by molar-refractivity contribution is 7.98. The van der Waals surface area contributed by atoms with Crippen LogP contribution < -0.4 is 14.6 Å². The van der Waals surface area contributed by atoms with Gasteiger partial charge in [-0.05, 0) is 23.3 Å². The highest BCUT2D eigenvalue weighted by Gasteiger charge is 2.51. The minimum absolute atomic E-state index is 0.0232. The number of ether oxygens (including phenoxy) is 1. The van der Waals surface area contributed by atoms with Crippen molar-refractivity contribution in [3.05, 3.63) is 92.9 Å². The van der Waals surface area contributed by atoms with Crippen LogP contribution in [0, 0.1) is 11.6 Å². The van der Waals surface area contributed by atoms with Crippen molar-refractivity contribution in [1.29, 1.82) is 0 Å². The van der Waals surface area contributed by atoms with Crippen LogP contribution in [0.15, 0.2) is 58.4 Å². The lowest BCUT2D eigenvalue weighted by atomic mass is 9.93.